The van der Waals surface area contributed by atoms with Crippen molar-refractivity contribution in [2.45, 2.75) is 12.1 Å². The molecule has 1 N–H and O–H groups in total. The van der Waals surface area contributed by atoms with Crippen LogP contribution in [0.1, 0.15) is 5.56 Å². The largest absolute Gasteiger partial charge is 0.324 e. The SMILES string of the molecule is Cc1ccc(NC(=O)CSc2ncccn2)c(Br)c1. The van der Waals surface area contributed by atoms with Crippen LogP contribution in [0.4, 0.5) is 5.69 Å². The van der Waals surface area contributed by atoms with Gasteiger partial charge in [-0.25, -0.2) is 9.97 Å². The number of thioether (sulfide) groups is 1. The third-order valence-corrected chi connectivity index (χ3v) is 3.80. The van der Waals surface area contributed by atoms with Crippen LogP contribution in [0.5, 0.6) is 0 Å². The first kappa shape index (κ1) is 14.0. The molecule has 0 bridgehead atoms. The Kier molecular flexibility index (Phi) is 4.93. The second-order valence-electron chi connectivity index (χ2n) is 3.85. The Hall–Kier alpha value is -1.40. The van der Waals surface area contributed by atoms with Crippen molar-refractivity contribution in [3.63, 3.8) is 0 Å². The standard InChI is InChI=1S/C13H12BrN3OS/c1-9-3-4-11(10(14)7-9)17-12(18)8-19-13-15-5-2-6-16-13/h2-7H,8H2,1H3,(H,17,18). The van der Waals surface area contributed by atoms with E-state index in [0.29, 0.717) is 5.16 Å². The third kappa shape index (κ3) is 4.33. The van der Waals surface area contributed by atoms with Gasteiger partial charge in [-0.15, -0.1) is 0 Å². The number of nitrogens with one attached hydrogen (secondary N) is 1. The Morgan fingerprint density at radius 2 is 2.11 bits per heavy atom. The molecular weight excluding hydrogens is 326 g/mol. The first-order chi connectivity index (χ1) is 9.15. The molecule has 6 heteroatoms. The van der Waals surface area contributed by atoms with E-state index in [1.165, 1.54) is 11.8 Å². The molecule has 19 heavy (non-hydrogen) atoms. The summed E-state index contributed by atoms with van der Waals surface area (Å²) in [6, 6.07) is 7.53. The lowest BCUT2D eigenvalue weighted by molar-refractivity contribution is -0.113. The molecule has 1 aromatic heterocycles. The zero-order chi connectivity index (χ0) is 13.7. The number of amides is 1. The quantitative estimate of drug-likeness (QED) is 0.687. The zero-order valence-corrected chi connectivity index (χ0v) is 12.7. The molecule has 0 unspecified atom stereocenters. The van der Waals surface area contributed by atoms with Gasteiger partial charge in [0.25, 0.3) is 0 Å². The number of rotatable bonds is 4. The first-order valence-electron chi connectivity index (χ1n) is 5.61. The van der Waals surface area contributed by atoms with Crippen molar-refractivity contribution in [1.29, 1.82) is 0 Å². The van der Waals surface area contributed by atoms with Crippen LogP contribution in [-0.4, -0.2) is 21.6 Å². The summed E-state index contributed by atoms with van der Waals surface area (Å²) in [5.41, 5.74) is 1.90. The van der Waals surface area contributed by atoms with Crippen molar-refractivity contribution in [2.75, 3.05) is 11.1 Å². The van der Waals surface area contributed by atoms with Gasteiger partial charge in [-0.2, -0.15) is 0 Å². The lowest BCUT2D eigenvalue weighted by Gasteiger charge is -2.07. The summed E-state index contributed by atoms with van der Waals surface area (Å²) in [6.45, 7) is 2.00. The van der Waals surface area contributed by atoms with Gasteiger partial charge >= 0.3 is 0 Å². The number of halogens is 1. The van der Waals surface area contributed by atoms with E-state index in [1.54, 1.807) is 18.5 Å². The van der Waals surface area contributed by atoms with Crippen LogP contribution in [0.25, 0.3) is 0 Å². The third-order valence-electron chi connectivity index (χ3n) is 2.27. The number of hydrogen-bond acceptors (Lipinski definition) is 4. The average molecular weight is 338 g/mol. The minimum atomic E-state index is -0.0815. The monoisotopic (exact) mass is 337 g/mol. The molecule has 0 atom stereocenters. The van der Waals surface area contributed by atoms with Crippen LogP contribution in [0.2, 0.25) is 0 Å². The molecule has 0 aliphatic carbocycles. The van der Waals surface area contributed by atoms with Crippen molar-refractivity contribution in [3.8, 4) is 0 Å². The number of hydrogen-bond donors (Lipinski definition) is 1. The van der Waals surface area contributed by atoms with Gasteiger partial charge in [-0.05, 0) is 46.6 Å². The molecule has 4 nitrogen and oxygen atoms in total. The van der Waals surface area contributed by atoms with Crippen LogP contribution in [0.15, 0.2) is 46.3 Å². The van der Waals surface area contributed by atoms with E-state index in [0.717, 1.165) is 15.7 Å². The number of carbonyl (C=O) groups excluding carboxylic acids is 1. The molecule has 0 aliphatic heterocycles. The van der Waals surface area contributed by atoms with Gasteiger partial charge in [0.05, 0.1) is 11.4 Å². The summed E-state index contributed by atoms with van der Waals surface area (Å²) < 4.78 is 0.877. The predicted molar refractivity (Wildman–Crippen MR) is 80.3 cm³/mol. The van der Waals surface area contributed by atoms with Crippen LogP contribution in [0, 0.1) is 6.92 Å². The Bertz CT molecular complexity index is 577. The van der Waals surface area contributed by atoms with Crippen molar-refractivity contribution in [3.05, 3.63) is 46.7 Å². The van der Waals surface area contributed by atoms with Crippen molar-refractivity contribution >= 4 is 39.3 Å². The first-order valence-corrected chi connectivity index (χ1v) is 7.39. The Labute approximate surface area is 124 Å². The van der Waals surface area contributed by atoms with E-state index in [2.05, 4.69) is 31.2 Å². The molecule has 0 fully saturated rings. The van der Waals surface area contributed by atoms with E-state index in [4.69, 9.17) is 0 Å². The number of anilines is 1. The minimum absolute atomic E-state index is 0.0815. The minimum Gasteiger partial charge on any atom is -0.324 e. The number of aromatic nitrogens is 2. The Morgan fingerprint density at radius 1 is 1.37 bits per heavy atom. The molecule has 2 rings (SSSR count). The molecule has 0 radical (unpaired) electrons. The summed E-state index contributed by atoms with van der Waals surface area (Å²) in [6.07, 6.45) is 3.31. The van der Waals surface area contributed by atoms with E-state index in [-0.39, 0.29) is 11.7 Å². The normalized spacial score (nSPS) is 10.2. The van der Waals surface area contributed by atoms with Crippen LogP contribution in [-0.2, 0) is 4.79 Å². The van der Waals surface area contributed by atoms with E-state index >= 15 is 0 Å². The fourth-order valence-corrected chi connectivity index (χ4v) is 2.59. The fourth-order valence-electron chi connectivity index (χ4n) is 1.40. The van der Waals surface area contributed by atoms with Gasteiger partial charge in [0.1, 0.15) is 0 Å². The van der Waals surface area contributed by atoms with E-state index in [9.17, 15) is 4.79 Å². The number of aryl methyl sites for hydroxylation is 1. The summed E-state index contributed by atoms with van der Waals surface area (Å²) in [5, 5.41) is 3.44. The molecule has 0 aliphatic rings. The van der Waals surface area contributed by atoms with E-state index < -0.39 is 0 Å². The van der Waals surface area contributed by atoms with Gasteiger partial charge in [-0.3, -0.25) is 4.79 Å². The molecule has 1 heterocycles. The maximum absolute atomic E-state index is 11.8. The number of carbonyl (C=O) groups is 1. The molecule has 0 saturated carbocycles. The molecular formula is C13H12BrN3OS. The van der Waals surface area contributed by atoms with Crippen LogP contribution < -0.4 is 5.32 Å². The maximum atomic E-state index is 11.8. The highest BCUT2D eigenvalue weighted by molar-refractivity contribution is 9.10. The Balaban J connectivity index is 1.91. The predicted octanol–water partition coefficient (Wildman–Crippen LogP) is 3.28. The van der Waals surface area contributed by atoms with Crippen LogP contribution in [0.3, 0.4) is 0 Å². The molecule has 0 spiro atoms. The van der Waals surface area contributed by atoms with Crippen LogP contribution >= 0.6 is 27.7 Å². The summed E-state index contributed by atoms with van der Waals surface area (Å²) in [7, 11) is 0. The van der Waals surface area contributed by atoms with Crippen molar-refractivity contribution < 1.29 is 4.79 Å². The Morgan fingerprint density at radius 3 is 2.79 bits per heavy atom. The van der Waals surface area contributed by atoms with Crippen molar-refractivity contribution in [2.24, 2.45) is 0 Å². The molecule has 98 valence electrons. The van der Waals surface area contributed by atoms with Gasteiger partial charge in [-0.1, -0.05) is 17.8 Å². The lowest BCUT2D eigenvalue weighted by atomic mass is 10.2. The highest BCUT2D eigenvalue weighted by Gasteiger charge is 2.07. The van der Waals surface area contributed by atoms with Gasteiger partial charge in [0.2, 0.25) is 5.91 Å². The average Bonchev–Trinajstić information content (AvgIpc) is 2.41. The smallest absolute Gasteiger partial charge is 0.234 e. The topological polar surface area (TPSA) is 54.9 Å². The second-order valence-corrected chi connectivity index (χ2v) is 5.65. The summed E-state index contributed by atoms with van der Waals surface area (Å²) >= 11 is 4.73. The summed E-state index contributed by atoms with van der Waals surface area (Å²) in [5.74, 6) is 0.201. The molecule has 2 aromatic rings. The van der Waals surface area contributed by atoms with E-state index in [1.807, 2.05) is 25.1 Å². The van der Waals surface area contributed by atoms with Gasteiger partial charge in [0, 0.05) is 16.9 Å². The molecule has 0 saturated heterocycles. The highest BCUT2D eigenvalue weighted by atomic mass is 79.9. The number of benzene rings is 1. The summed E-state index contributed by atoms with van der Waals surface area (Å²) in [4.78, 5) is 19.9. The van der Waals surface area contributed by atoms with Crippen molar-refractivity contribution in [1.82, 2.24) is 9.97 Å². The molecule has 1 aromatic carbocycles. The fraction of sp³-hybridized carbons (Fsp3) is 0.154. The molecule has 1 amide bonds. The number of nitrogens with zero attached hydrogens (tertiary/aromatic N) is 2. The lowest BCUT2D eigenvalue weighted by Crippen LogP contribution is -2.14. The zero-order valence-electron chi connectivity index (χ0n) is 10.3. The van der Waals surface area contributed by atoms with Gasteiger partial charge < -0.3 is 5.32 Å². The highest BCUT2D eigenvalue weighted by Crippen LogP contribution is 2.23. The second kappa shape index (κ2) is 6.68. The van der Waals surface area contributed by atoms with Gasteiger partial charge in [0.15, 0.2) is 5.16 Å². The maximum Gasteiger partial charge on any atom is 0.234 e.